The van der Waals surface area contributed by atoms with Gasteiger partial charge in [0.15, 0.2) is 0 Å². The molecule has 2 saturated carbocycles. The van der Waals surface area contributed by atoms with Crippen LogP contribution in [-0.4, -0.2) is 11.1 Å². The minimum Gasteiger partial charge on any atom is -0.478 e. The van der Waals surface area contributed by atoms with Crippen LogP contribution in [0.5, 0.6) is 0 Å². The van der Waals surface area contributed by atoms with Gasteiger partial charge in [0.2, 0.25) is 0 Å². The average molecular weight is 347 g/mol. The van der Waals surface area contributed by atoms with Gasteiger partial charge in [-0.15, -0.1) is 0 Å². The minimum atomic E-state index is -0.837. The van der Waals surface area contributed by atoms with Gasteiger partial charge in [0.1, 0.15) is 0 Å². The van der Waals surface area contributed by atoms with Gasteiger partial charge in [-0.25, -0.2) is 4.79 Å². The van der Waals surface area contributed by atoms with Gasteiger partial charge in [0, 0.05) is 0 Å². The lowest BCUT2D eigenvalue weighted by molar-refractivity contribution is 0.0697. The van der Waals surface area contributed by atoms with Crippen LogP contribution in [0.1, 0.15) is 63.8 Å². The molecule has 3 aliphatic rings. The summed E-state index contributed by atoms with van der Waals surface area (Å²) in [4.78, 5) is 11.8. The van der Waals surface area contributed by atoms with Crippen LogP contribution in [0, 0.1) is 31.6 Å². The lowest BCUT2D eigenvalue weighted by atomic mass is 9.67. The van der Waals surface area contributed by atoms with Crippen molar-refractivity contribution in [3.05, 3.63) is 64.2 Å². The summed E-state index contributed by atoms with van der Waals surface area (Å²) in [5.41, 5.74) is 6.43. The Morgan fingerprint density at radius 3 is 2.69 bits per heavy atom. The van der Waals surface area contributed by atoms with E-state index in [1.807, 2.05) is 6.07 Å². The average Bonchev–Trinajstić information content (AvgIpc) is 3.25. The molecule has 3 heteroatoms. The Bertz CT molecular complexity index is 903. The largest absolute Gasteiger partial charge is 0.478 e. The third kappa shape index (κ3) is 2.16. The highest BCUT2D eigenvalue weighted by Gasteiger charge is 2.54. The van der Waals surface area contributed by atoms with Gasteiger partial charge in [0.05, 0.1) is 17.3 Å². The highest BCUT2D eigenvalue weighted by Crippen LogP contribution is 2.64. The van der Waals surface area contributed by atoms with E-state index in [-0.39, 0.29) is 6.04 Å². The van der Waals surface area contributed by atoms with Crippen LogP contribution < -0.4 is 5.32 Å². The van der Waals surface area contributed by atoms with E-state index in [4.69, 9.17) is 0 Å². The Morgan fingerprint density at radius 1 is 1.08 bits per heavy atom. The Balaban J connectivity index is 1.70. The number of carbonyl (C=O) groups is 1. The molecule has 0 amide bonds. The van der Waals surface area contributed by atoms with Gasteiger partial charge in [-0.1, -0.05) is 35.9 Å². The van der Waals surface area contributed by atoms with E-state index in [0.29, 0.717) is 23.3 Å². The van der Waals surface area contributed by atoms with Gasteiger partial charge >= 0.3 is 5.97 Å². The number of benzene rings is 2. The van der Waals surface area contributed by atoms with Crippen LogP contribution in [0.3, 0.4) is 0 Å². The van der Waals surface area contributed by atoms with Crippen molar-refractivity contribution < 1.29 is 9.90 Å². The Hall–Kier alpha value is -2.29. The van der Waals surface area contributed by atoms with Crippen LogP contribution >= 0.6 is 0 Å². The van der Waals surface area contributed by atoms with Gasteiger partial charge in [-0.2, -0.15) is 0 Å². The first-order valence-corrected chi connectivity index (χ1v) is 9.74. The predicted octanol–water partition coefficient (Wildman–Crippen LogP) is 5.30. The van der Waals surface area contributed by atoms with Crippen LogP contribution in [0.25, 0.3) is 0 Å². The number of carboxylic acids is 1. The summed E-state index contributed by atoms with van der Waals surface area (Å²) in [6.45, 7) is 4.32. The normalized spacial score (nSPS) is 31.2. The van der Waals surface area contributed by atoms with Gasteiger partial charge < -0.3 is 10.4 Å². The zero-order valence-electron chi connectivity index (χ0n) is 15.3. The highest BCUT2D eigenvalue weighted by molar-refractivity contribution is 5.95. The number of anilines is 1. The SMILES string of the molecule is Cc1ccc(C)c(C2Nc3c(C(=O)O)cccc3C3C4CCC(C4)C23)c1. The first-order valence-electron chi connectivity index (χ1n) is 9.74. The maximum Gasteiger partial charge on any atom is 0.337 e. The van der Waals surface area contributed by atoms with E-state index in [1.165, 1.54) is 41.5 Å². The maximum atomic E-state index is 11.8. The van der Waals surface area contributed by atoms with E-state index >= 15 is 0 Å². The fraction of sp³-hybridized carbons (Fsp3) is 0.435. The summed E-state index contributed by atoms with van der Waals surface area (Å²) in [6, 6.07) is 12.7. The molecule has 2 aromatic carbocycles. The van der Waals surface area contributed by atoms with Gasteiger partial charge in [-0.05, 0) is 79.5 Å². The van der Waals surface area contributed by atoms with Crippen LogP contribution in [-0.2, 0) is 0 Å². The predicted molar refractivity (Wildman–Crippen MR) is 103 cm³/mol. The van der Waals surface area contributed by atoms with Crippen molar-refractivity contribution in [2.75, 3.05) is 5.32 Å². The van der Waals surface area contributed by atoms with Crippen molar-refractivity contribution in [3.63, 3.8) is 0 Å². The lowest BCUT2D eigenvalue weighted by Crippen LogP contribution is -2.36. The van der Waals surface area contributed by atoms with E-state index < -0.39 is 5.97 Å². The second-order valence-electron chi connectivity index (χ2n) is 8.49. The molecule has 5 atom stereocenters. The molecule has 5 rings (SSSR count). The first kappa shape index (κ1) is 15.9. The van der Waals surface area contributed by atoms with Crippen LogP contribution in [0.4, 0.5) is 5.69 Å². The van der Waals surface area contributed by atoms with E-state index in [1.54, 1.807) is 6.07 Å². The molecule has 1 aliphatic heterocycles. The molecule has 2 aromatic rings. The molecule has 134 valence electrons. The summed E-state index contributed by atoms with van der Waals surface area (Å²) >= 11 is 0. The Kier molecular flexibility index (Phi) is 3.43. The molecule has 2 bridgehead atoms. The summed E-state index contributed by atoms with van der Waals surface area (Å²) in [5.74, 6) is 1.70. The smallest absolute Gasteiger partial charge is 0.337 e. The number of fused-ring (bicyclic) bond motifs is 7. The summed E-state index contributed by atoms with van der Waals surface area (Å²) in [5, 5.41) is 13.4. The number of aryl methyl sites for hydroxylation is 2. The quantitative estimate of drug-likeness (QED) is 0.775. The highest BCUT2D eigenvalue weighted by atomic mass is 16.4. The zero-order chi connectivity index (χ0) is 18.0. The fourth-order valence-electron chi connectivity index (χ4n) is 6.10. The number of aromatic carboxylic acids is 1. The topological polar surface area (TPSA) is 49.3 Å². The Morgan fingerprint density at radius 2 is 1.88 bits per heavy atom. The van der Waals surface area contributed by atoms with Crippen molar-refractivity contribution in [2.45, 2.75) is 45.1 Å². The van der Waals surface area contributed by atoms with Crippen LogP contribution in [0.2, 0.25) is 0 Å². The molecule has 5 unspecified atom stereocenters. The molecule has 0 spiro atoms. The van der Waals surface area contributed by atoms with Crippen molar-refractivity contribution in [2.24, 2.45) is 17.8 Å². The Labute approximate surface area is 154 Å². The molecular formula is C23H25NO2. The van der Waals surface area contributed by atoms with Crippen molar-refractivity contribution in [1.82, 2.24) is 0 Å². The van der Waals surface area contributed by atoms with Gasteiger partial charge in [0.25, 0.3) is 0 Å². The molecular weight excluding hydrogens is 322 g/mol. The van der Waals surface area contributed by atoms with E-state index in [2.05, 4.69) is 43.4 Å². The molecule has 2 aliphatic carbocycles. The summed E-state index contributed by atoms with van der Waals surface area (Å²) in [6.07, 6.45) is 3.92. The number of hydrogen-bond acceptors (Lipinski definition) is 2. The van der Waals surface area contributed by atoms with Crippen LogP contribution in [0.15, 0.2) is 36.4 Å². The van der Waals surface area contributed by atoms with Crippen molar-refractivity contribution in [3.8, 4) is 0 Å². The number of carboxylic acid groups (broad SMARTS) is 1. The standard InChI is InChI=1S/C23H25NO2/c1-12-6-7-13(2)18(10-12)22-20-15-9-8-14(11-15)19(20)16-4-3-5-17(23(25)26)21(16)24-22/h3-7,10,14-15,19-20,22,24H,8-9,11H2,1-2H3,(H,25,26). The molecule has 1 heterocycles. The summed E-state index contributed by atoms with van der Waals surface area (Å²) in [7, 11) is 0. The minimum absolute atomic E-state index is 0.211. The zero-order valence-corrected chi connectivity index (χ0v) is 15.3. The van der Waals surface area contributed by atoms with Crippen molar-refractivity contribution in [1.29, 1.82) is 0 Å². The first-order chi connectivity index (χ1) is 12.5. The molecule has 3 nitrogen and oxygen atoms in total. The summed E-state index contributed by atoms with van der Waals surface area (Å²) < 4.78 is 0. The second kappa shape index (κ2) is 5.60. The third-order valence-electron chi connectivity index (χ3n) is 7.12. The van der Waals surface area contributed by atoms with Gasteiger partial charge in [-0.3, -0.25) is 0 Å². The molecule has 0 saturated heterocycles. The maximum absolute atomic E-state index is 11.8. The molecule has 2 fully saturated rings. The number of rotatable bonds is 2. The number of para-hydroxylation sites is 1. The molecule has 26 heavy (non-hydrogen) atoms. The monoisotopic (exact) mass is 347 g/mol. The molecule has 0 aromatic heterocycles. The lowest BCUT2D eigenvalue weighted by Gasteiger charge is -2.44. The van der Waals surface area contributed by atoms with Crippen molar-refractivity contribution >= 4 is 11.7 Å². The van der Waals surface area contributed by atoms with E-state index in [9.17, 15) is 9.90 Å². The molecule has 2 N–H and O–H groups in total. The fourth-order valence-corrected chi connectivity index (χ4v) is 6.10. The number of nitrogens with one attached hydrogen (secondary N) is 1. The second-order valence-corrected chi connectivity index (χ2v) is 8.49. The third-order valence-corrected chi connectivity index (χ3v) is 7.12. The molecule has 0 radical (unpaired) electrons. The van der Waals surface area contributed by atoms with E-state index in [0.717, 1.165) is 11.6 Å². The number of hydrogen-bond donors (Lipinski definition) is 2.